The number of nitrogens with zero attached hydrogens (tertiary/aromatic N) is 4. The first-order valence-corrected chi connectivity index (χ1v) is 10.4. The smallest absolute Gasteiger partial charge is 0.226 e. The van der Waals surface area contributed by atoms with Gasteiger partial charge in [0.25, 0.3) is 0 Å². The molecule has 1 aliphatic heterocycles. The first-order valence-electron chi connectivity index (χ1n) is 10.4. The molecule has 0 N–H and O–H groups in total. The molecule has 2 aromatic rings. The standard InChI is InChI=1S/C22H32N4O2/c1-3-25(4-2)22(27)20-9-6-12-24(18-20)17-19-8-5-10-21(16-19)28-15-14-26-13-7-11-23-26/h5,7-8,10-11,13,16,20H,3-4,6,9,12,14-15,17-18H2,1-2H3. The molecule has 1 amide bonds. The predicted molar refractivity (Wildman–Crippen MR) is 110 cm³/mol. The van der Waals surface area contributed by atoms with Crippen molar-refractivity contribution < 1.29 is 9.53 Å². The second-order valence-corrected chi connectivity index (χ2v) is 7.35. The average molecular weight is 385 g/mol. The predicted octanol–water partition coefficient (Wildman–Crippen LogP) is 3.04. The monoisotopic (exact) mass is 384 g/mol. The van der Waals surface area contributed by atoms with E-state index in [1.165, 1.54) is 5.56 Å². The molecular weight excluding hydrogens is 352 g/mol. The van der Waals surface area contributed by atoms with Gasteiger partial charge in [-0.15, -0.1) is 0 Å². The molecule has 1 atom stereocenters. The number of ether oxygens (including phenoxy) is 1. The number of carbonyl (C=O) groups is 1. The molecular formula is C22H32N4O2. The van der Waals surface area contributed by atoms with Crippen molar-refractivity contribution in [1.82, 2.24) is 19.6 Å². The molecule has 0 bridgehead atoms. The van der Waals surface area contributed by atoms with E-state index in [-0.39, 0.29) is 5.92 Å². The van der Waals surface area contributed by atoms with Gasteiger partial charge in [-0.25, -0.2) is 0 Å². The maximum atomic E-state index is 12.7. The molecule has 1 aromatic carbocycles. The van der Waals surface area contributed by atoms with Gasteiger partial charge in [-0.1, -0.05) is 12.1 Å². The lowest BCUT2D eigenvalue weighted by Gasteiger charge is -2.34. The maximum absolute atomic E-state index is 12.7. The Kier molecular flexibility index (Phi) is 7.48. The SMILES string of the molecule is CCN(CC)C(=O)C1CCCN(Cc2cccc(OCCn3cccn3)c2)C1. The molecule has 1 aromatic heterocycles. The fourth-order valence-corrected chi connectivity index (χ4v) is 3.88. The van der Waals surface area contributed by atoms with Crippen molar-refractivity contribution in [3.63, 3.8) is 0 Å². The number of likely N-dealkylation sites (tertiary alicyclic amines) is 1. The third-order valence-corrected chi connectivity index (χ3v) is 5.38. The van der Waals surface area contributed by atoms with Crippen LogP contribution >= 0.6 is 0 Å². The molecule has 152 valence electrons. The summed E-state index contributed by atoms with van der Waals surface area (Å²) in [5.41, 5.74) is 1.23. The van der Waals surface area contributed by atoms with Crippen LogP contribution in [0.15, 0.2) is 42.7 Å². The second kappa shape index (κ2) is 10.3. The number of piperidine rings is 1. The van der Waals surface area contributed by atoms with Gasteiger partial charge in [0.05, 0.1) is 12.5 Å². The van der Waals surface area contributed by atoms with Crippen molar-refractivity contribution in [2.24, 2.45) is 5.92 Å². The van der Waals surface area contributed by atoms with Gasteiger partial charge >= 0.3 is 0 Å². The van der Waals surface area contributed by atoms with Crippen LogP contribution in [0.2, 0.25) is 0 Å². The molecule has 0 aliphatic carbocycles. The molecule has 1 saturated heterocycles. The Morgan fingerprint density at radius 2 is 2.14 bits per heavy atom. The lowest BCUT2D eigenvalue weighted by molar-refractivity contribution is -0.137. The van der Waals surface area contributed by atoms with Crippen molar-refractivity contribution in [2.45, 2.75) is 39.8 Å². The molecule has 1 unspecified atom stereocenters. The lowest BCUT2D eigenvalue weighted by Crippen LogP contribution is -2.44. The first-order chi connectivity index (χ1) is 13.7. The summed E-state index contributed by atoms with van der Waals surface area (Å²) in [6.45, 7) is 9.78. The molecule has 0 radical (unpaired) electrons. The van der Waals surface area contributed by atoms with Crippen molar-refractivity contribution in [3.05, 3.63) is 48.3 Å². The van der Waals surface area contributed by atoms with Gasteiger partial charge in [0.15, 0.2) is 0 Å². The maximum Gasteiger partial charge on any atom is 0.226 e. The van der Waals surface area contributed by atoms with Gasteiger partial charge in [-0.3, -0.25) is 14.4 Å². The lowest BCUT2D eigenvalue weighted by atomic mass is 9.96. The van der Waals surface area contributed by atoms with Crippen LogP contribution in [0, 0.1) is 5.92 Å². The number of amides is 1. The highest BCUT2D eigenvalue weighted by molar-refractivity contribution is 5.79. The number of hydrogen-bond donors (Lipinski definition) is 0. The molecule has 1 fully saturated rings. The van der Waals surface area contributed by atoms with E-state index in [0.717, 1.165) is 57.9 Å². The van der Waals surface area contributed by atoms with E-state index < -0.39 is 0 Å². The summed E-state index contributed by atoms with van der Waals surface area (Å²) in [5, 5.41) is 4.19. The summed E-state index contributed by atoms with van der Waals surface area (Å²) in [7, 11) is 0. The van der Waals surface area contributed by atoms with E-state index in [9.17, 15) is 4.79 Å². The molecule has 6 nitrogen and oxygen atoms in total. The summed E-state index contributed by atoms with van der Waals surface area (Å²) < 4.78 is 7.75. The molecule has 0 spiro atoms. The molecule has 28 heavy (non-hydrogen) atoms. The summed E-state index contributed by atoms with van der Waals surface area (Å²) >= 11 is 0. The molecule has 1 aliphatic rings. The van der Waals surface area contributed by atoms with Gasteiger partial charge in [0.1, 0.15) is 12.4 Å². The second-order valence-electron chi connectivity index (χ2n) is 7.35. The van der Waals surface area contributed by atoms with Crippen LogP contribution in [0.25, 0.3) is 0 Å². The zero-order chi connectivity index (χ0) is 19.8. The number of aromatic nitrogens is 2. The van der Waals surface area contributed by atoms with Crippen LogP contribution in [0.1, 0.15) is 32.3 Å². The minimum atomic E-state index is 0.127. The number of hydrogen-bond acceptors (Lipinski definition) is 4. The minimum Gasteiger partial charge on any atom is -0.492 e. The highest BCUT2D eigenvalue weighted by Gasteiger charge is 2.28. The van der Waals surface area contributed by atoms with E-state index in [2.05, 4.69) is 36.0 Å². The Morgan fingerprint density at radius 1 is 1.29 bits per heavy atom. The van der Waals surface area contributed by atoms with E-state index in [0.29, 0.717) is 12.5 Å². The fourth-order valence-electron chi connectivity index (χ4n) is 3.88. The van der Waals surface area contributed by atoms with E-state index in [1.807, 2.05) is 34.0 Å². The van der Waals surface area contributed by atoms with Gasteiger partial charge < -0.3 is 9.64 Å². The average Bonchev–Trinajstić information content (AvgIpc) is 3.23. The van der Waals surface area contributed by atoms with Crippen LogP contribution in [-0.2, 0) is 17.9 Å². The van der Waals surface area contributed by atoms with Gasteiger partial charge in [0, 0.05) is 38.6 Å². The summed E-state index contributed by atoms with van der Waals surface area (Å²) in [4.78, 5) is 17.1. The van der Waals surface area contributed by atoms with Crippen LogP contribution in [0.3, 0.4) is 0 Å². The van der Waals surface area contributed by atoms with Crippen LogP contribution in [0.5, 0.6) is 5.75 Å². The Balaban J connectivity index is 1.52. The van der Waals surface area contributed by atoms with Crippen molar-refractivity contribution in [2.75, 3.05) is 32.8 Å². The third kappa shape index (κ3) is 5.58. The fraction of sp³-hybridized carbons (Fsp3) is 0.545. The van der Waals surface area contributed by atoms with Crippen LogP contribution in [0.4, 0.5) is 0 Å². The Labute approximate surface area is 168 Å². The largest absolute Gasteiger partial charge is 0.492 e. The van der Waals surface area contributed by atoms with Gasteiger partial charge in [-0.2, -0.15) is 5.10 Å². The first kappa shape index (κ1) is 20.4. The normalized spacial score (nSPS) is 17.4. The topological polar surface area (TPSA) is 50.6 Å². The van der Waals surface area contributed by atoms with E-state index in [1.54, 1.807) is 6.20 Å². The molecule has 2 heterocycles. The molecule has 0 saturated carbocycles. The number of benzene rings is 1. The quantitative estimate of drug-likeness (QED) is 0.667. The van der Waals surface area contributed by atoms with E-state index in [4.69, 9.17) is 4.74 Å². The Morgan fingerprint density at radius 3 is 2.89 bits per heavy atom. The van der Waals surface area contributed by atoms with Crippen LogP contribution < -0.4 is 4.74 Å². The van der Waals surface area contributed by atoms with Crippen molar-refractivity contribution in [3.8, 4) is 5.75 Å². The third-order valence-electron chi connectivity index (χ3n) is 5.38. The molecule has 6 heteroatoms. The Bertz CT molecular complexity index is 728. The van der Waals surface area contributed by atoms with E-state index >= 15 is 0 Å². The van der Waals surface area contributed by atoms with Crippen molar-refractivity contribution >= 4 is 5.91 Å². The highest BCUT2D eigenvalue weighted by atomic mass is 16.5. The number of carbonyl (C=O) groups excluding carboxylic acids is 1. The van der Waals surface area contributed by atoms with Gasteiger partial charge in [0.2, 0.25) is 5.91 Å². The summed E-state index contributed by atoms with van der Waals surface area (Å²) in [6, 6.07) is 10.2. The van der Waals surface area contributed by atoms with Gasteiger partial charge in [-0.05, 0) is 57.0 Å². The number of rotatable bonds is 9. The van der Waals surface area contributed by atoms with Crippen LogP contribution in [-0.4, -0.2) is 58.3 Å². The highest BCUT2D eigenvalue weighted by Crippen LogP contribution is 2.22. The Hall–Kier alpha value is -2.34. The summed E-state index contributed by atoms with van der Waals surface area (Å²) in [6.07, 6.45) is 5.80. The zero-order valence-electron chi connectivity index (χ0n) is 17.1. The summed E-state index contributed by atoms with van der Waals surface area (Å²) in [5.74, 6) is 1.32. The molecule has 3 rings (SSSR count). The van der Waals surface area contributed by atoms with Crippen molar-refractivity contribution in [1.29, 1.82) is 0 Å². The minimum absolute atomic E-state index is 0.127. The zero-order valence-corrected chi connectivity index (χ0v) is 17.1.